The van der Waals surface area contributed by atoms with Crippen LogP contribution < -0.4 is 32.3 Å². The number of ether oxygens (including phenoxy) is 6. The summed E-state index contributed by atoms with van der Waals surface area (Å²) in [5.74, 6) is -9.64. The molecule has 1 fully saturated rings. The SMILES string of the molecule is CCN(CC)CCS(=O)(=O)C(NC(=O)c1csc(-c2nc3c(cc2O)-c2nc(cs2)C(=O)NC([C@@H](C)O)C(=O)N/C(=C(\C)OC)c2nc(cs2)C(=O)N[C@@H]2c4nc(cs4)C(=O)N[C@@H](COC(=O)c4c5c6c(cccc6n4O)COC(=O)[C@@H](O[C@H]4C[C@](C)(O)[C@H](N(C)C)[C@H](C)O4)[C@H]2OC5)c2nc-3cs2)n1)C(N)=O. The highest BCUT2D eigenvalue weighted by molar-refractivity contribution is 7.92. The number of carbonyl (C=O) groups is 8. The molecule has 1 saturated heterocycles. The highest BCUT2D eigenvalue weighted by Crippen LogP contribution is 2.43. The van der Waals surface area contributed by atoms with E-state index in [0.717, 1.165) is 56.7 Å². The van der Waals surface area contributed by atoms with E-state index < -0.39 is 166 Å². The van der Waals surface area contributed by atoms with Gasteiger partial charge in [0.05, 0.1) is 48.8 Å². The van der Waals surface area contributed by atoms with Crippen LogP contribution in [0.1, 0.15) is 139 Å². The predicted molar refractivity (Wildman–Crippen MR) is 386 cm³/mol. The van der Waals surface area contributed by atoms with Crippen molar-refractivity contribution in [1.29, 1.82) is 0 Å². The standard InChI is InChI=1S/C66H73N15O20S6/c1-10-80(11-2)15-16-107(94,95)63(52(67)84)78-56(88)38-26-105-61(72-38)46-40(83)17-31-45(74-46)34-22-103-59(69-34)33-21-99-64(90)48-32-20-97-49(50(101-41-18-66(6,92)51(79(7)8)29(5)100-41)65(91)98-19-30-13-12-14-39(42(30)32)81(48)93)47(62-73-35(24-106-62)53(85)68-33)77-55(87)37-25-104-60(71-37)44(28(4)96-9)76-57(89)43(27(3)82)75-54(86)36-23-102-58(31)70-36/h12-14,17,22-27,29,33,41,43,47,49-51,63,82-83,92-93H,10-11,15-16,18-21H2,1-9H3,(H2,67,84)(H,68,85)(H,75,86)(H,76,89)(H,77,87)(H,78,88)/b44-28+/t27-,29+,33+,41+,43?,47+,49+,50+,51-,63?,66+/m1/s1. The Labute approximate surface area is 629 Å². The summed E-state index contributed by atoms with van der Waals surface area (Å²) in [4.78, 5) is 148. The molecule has 11 heterocycles. The molecule has 8 aromatic rings. The third-order valence-corrected chi connectivity index (χ3v) is 24.5. The fourth-order valence-electron chi connectivity index (χ4n) is 12.9. The van der Waals surface area contributed by atoms with Gasteiger partial charge in [-0.05, 0) is 72.6 Å². The second-order valence-corrected chi connectivity index (χ2v) is 32.2. The van der Waals surface area contributed by atoms with Gasteiger partial charge in [0.25, 0.3) is 29.5 Å². The van der Waals surface area contributed by atoms with E-state index in [1.54, 1.807) is 49.9 Å². The molecular weight excluding hydrogens is 1520 g/mol. The molecule has 35 nitrogen and oxygen atoms in total. The quantitative estimate of drug-likeness (QED) is 0.0399. The zero-order chi connectivity index (χ0) is 76.8. The molecule has 41 heteroatoms. The maximum Gasteiger partial charge on any atom is 0.358 e. The number of hydrogen-bond donors (Lipinski definition) is 10. The summed E-state index contributed by atoms with van der Waals surface area (Å²) < 4.78 is 65.2. The zero-order valence-electron chi connectivity index (χ0n) is 58.5. The van der Waals surface area contributed by atoms with Crippen LogP contribution in [0.15, 0.2) is 56.9 Å². The van der Waals surface area contributed by atoms with Crippen LogP contribution in [0, 0.1) is 0 Å². The molecule has 12 rings (SSSR count). The average molecular weight is 1590 g/mol. The predicted octanol–water partition coefficient (Wildman–Crippen LogP) is 3.46. The Bertz CT molecular complexity index is 4960. The largest absolute Gasteiger partial charge is 0.506 e. The lowest BCUT2D eigenvalue weighted by atomic mass is 9.85. The number of cyclic esters (lactones) is 2. The van der Waals surface area contributed by atoms with E-state index in [4.69, 9.17) is 49.1 Å². The minimum Gasteiger partial charge on any atom is -0.506 e. The van der Waals surface area contributed by atoms with Crippen LogP contribution in [0.4, 0.5) is 0 Å². The lowest BCUT2D eigenvalue weighted by Gasteiger charge is -2.48. The number of aromatic hydroxyl groups is 1. The Morgan fingerprint density at radius 2 is 1.50 bits per heavy atom. The van der Waals surface area contributed by atoms with Crippen LogP contribution in [0.25, 0.3) is 49.3 Å². The van der Waals surface area contributed by atoms with Gasteiger partial charge >= 0.3 is 11.9 Å². The van der Waals surface area contributed by atoms with Crippen molar-refractivity contribution in [2.75, 3.05) is 53.2 Å². The summed E-state index contributed by atoms with van der Waals surface area (Å²) in [5.41, 5.74) is 2.03. The zero-order valence-corrected chi connectivity index (χ0v) is 63.4. The number of esters is 2. The highest BCUT2D eigenvalue weighted by Gasteiger charge is 2.50. The molecule has 12 bridgehead atoms. The lowest BCUT2D eigenvalue weighted by molar-refractivity contribution is -0.280. The molecule has 11 N–H and O–H groups in total. The monoisotopic (exact) mass is 1590 g/mol. The van der Waals surface area contributed by atoms with Gasteiger partial charge in [0, 0.05) is 56.4 Å². The number of carbonyl (C=O) groups excluding carboxylic acids is 8. The Balaban J connectivity index is 1.01. The number of allylic oxidation sites excluding steroid dienone is 1. The number of nitrogens with zero attached hydrogens (tertiary/aromatic N) is 9. The number of thiazole rings is 5. The van der Waals surface area contributed by atoms with Crippen molar-refractivity contribution >= 4 is 131 Å². The number of benzene rings is 1. The number of aliphatic hydroxyl groups is 2. The van der Waals surface area contributed by atoms with Gasteiger partial charge in [-0.25, -0.2) is 47.9 Å². The summed E-state index contributed by atoms with van der Waals surface area (Å²) in [6, 6.07) is 0.433. The topological polar surface area (TPSA) is 482 Å². The van der Waals surface area contributed by atoms with E-state index >= 15 is 19.2 Å². The van der Waals surface area contributed by atoms with E-state index in [9.17, 15) is 48.1 Å². The third-order valence-electron chi connectivity index (χ3n) is 18.2. The smallest absolute Gasteiger partial charge is 0.358 e. The molecule has 568 valence electrons. The van der Waals surface area contributed by atoms with Gasteiger partial charge < -0.3 is 91.1 Å². The Morgan fingerprint density at radius 3 is 2.20 bits per heavy atom. The fraction of sp³-hybridized carbons (Fsp3) is 0.424. The molecule has 2 unspecified atom stereocenters. The second kappa shape index (κ2) is 31.4. The highest BCUT2D eigenvalue weighted by atomic mass is 32.2. The van der Waals surface area contributed by atoms with Crippen LogP contribution in [-0.2, 0) is 65.9 Å². The van der Waals surface area contributed by atoms with E-state index in [1.165, 1.54) is 60.0 Å². The van der Waals surface area contributed by atoms with Crippen LogP contribution in [0.2, 0.25) is 0 Å². The first-order valence-electron chi connectivity index (χ1n) is 33.1. The third kappa shape index (κ3) is 15.9. The van der Waals surface area contributed by atoms with Crippen molar-refractivity contribution in [3.63, 3.8) is 0 Å². The second-order valence-electron chi connectivity index (χ2n) is 25.7. The van der Waals surface area contributed by atoms with E-state index in [0.29, 0.717) is 17.8 Å². The van der Waals surface area contributed by atoms with Gasteiger partial charge in [-0.15, -0.1) is 56.7 Å². The Morgan fingerprint density at radius 1 is 0.850 bits per heavy atom. The maximum atomic E-state index is 15.2. The van der Waals surface area contributed by atoms with Crippen LogP contribution in [-0.4, -0.2) is 228 Å². The van der Waals surface area contributed by atoms with Gasteiger partial charge in [-0.2, -0.15) is 4.73 Å². The number of rotatable bonds is 15. The fourth-order valence-corrected chi connectivity index (χ4v) is 18.5. The summed E-state index contributed by atoms with van der Waals surface area (Å²) >= 11 is 4.26. The first-order chi connectivity index (χ1) is 50.9. The number of amides is 6. The first kappa shape index (κ1) is 77.3. The number of aromatic nitrogens is 7. The summed E-state index contributed by atoms with van der Waals surface area (Å²) in [6.45, 7) is 8.83. The number of aliphatic hydroxyl groups excluding tert-OH is 1. The molecule has 0 radical (unpaired) electrons. The molecule has 7 aromatic heterocycles. The maximum absolute atomic E-state index is 15.2. The van der Waals surface area contributed by atoms with Crippen molar-refractivity contribution < 1.29 is 95.7 Å². The summed E-state index contributed by atoms with van der Waals surface area (Å²) in [7, 11) is 0.442. The number of methoxy groups -OCH3 is 1. The number of primary amides is 1. The average Bonchev–Trinajstić information content (AvgIpc) is 1.63. The van der Waals surface area contributed by atoms with Crippen molar-refractivity contribution in [3.05, 3.63) is 112 Å². The molecule has 0 aliphatic carbocycles. The molecular formula is C66H73N15O20S6. The normalized spacial score (nSPS) is 23.6. The van der Waals surface area contributed by atoms with Gasteiger partial charge in [-0.1, -0.05) is 26.0 Å². The molecule has 6 amide bonds. The van der Waals surface area contributed by atoms with Gasteiger partial charge in [0.2, 0.25) is 11.3 Å². The Hall–Kier alpha value is -9.37. The molecule has 1 aromatic carbocycles. The number of nitrogens with one attached hydrogen (secondary N) is 5. The van der Waals surface area contributed by atoms with Crippen LogP contribution in [0.3, 0.4) is 0 Å². The number of pyridine rings is 1. The van der Waals surface area contributed by atoms with Crippen molar-refractivity contribution in [3.8, 4) is 38.4 Å². The van der Waals surface area contributed by atoms with Gasteiger partial charge in [0.15, 0.2) is 27.9 Å². The molecule has 0 saturated carbocycles. The number of likely N-dealkylation sites (N-methyl/N-ethyl adjacent to an activating group) is 1. The van der Waals surface area contributed by atoms with Crippen LogP contribution in [0.5, 0.6) is 5.75 Å². The van der Waals surface area contributed by atoms with Crippen molar-refractivity contribution in [2.24, 2.45) is 5.73 Å². The van der Waals surface area contributed by atoms with Crippen LogP contribution >= 0.6 is 56.7 Å². The minimum absolute atomic E-state index is 0.00253. The van der Waals surface area contributed by atoms with E-state index in [1.807, 2.05) is 13.8 Å². The Kier molecular flexibility index (Phi) is 22.7. The number of fused-ring (bicyclic) bond motifs is 15. The number of nitrogens with two attached hydrogens (primary N) is 1. The molecule has 4 aliphatic heterocycles. The lowest BCUT2D eigenvalue weighted by Crippen LogP contribution is -2.62. The molecule has 0 spiro atoms. The summed E-state index contributed by atoms with van der Waals surface area (Å²) in [6.07, 6.45) is -7.68. The van der Waals surface area contributed by atoms with E-state index in [2.05, 4.69) is 41.5 Å². The molecule has 4 aliphatic rings. The van der Waals surface area contributed by atoms with Gasteiger partial charge in [-0.3, -0.25) is 28.8 Å². The number of hydrogen-bond acceptors (Lipinski definition) is 33. The first-order valence-corrected chi connectivity index (χ1v) is 39.2. The van der Waals surface area contributed by atoms with Gasteiger partial charge in [0.1, 0.15) is 120 Å². The van der Waals surface area contributed by atoms with Crippen molar-refractivity contribution in [1.82, 2.24) is 71.0 Å². The summed E-state index contributed by atoms with van der Waals surface area (Å²) in [5, 5.41) is 65.0. The number of sulfone groups is 1. The van der Waals surface area contributed by atoms with Crippen molar-refractivity contribution in [2.45, 2.75) is 127 Å². The molecule has 11 atom stereocenters. The molecule has 107 heavy (non-hydrogen) atoms. The van der Waals surface area contributed by atoms with E-state index in [-0.39, 0.29) is 111 Å². The minimum atomic E-state index is -4.37.